The van der Waals surface area contributed by atoms with E-state index in [-0.39, 0.29) is 0 Å². The molecule has 2 nitrogen and oxygen atoms in total. The molecule has 0 unspecified atom stereocenters. The van der Waals surface area contributed by atoms with E-state index in [1.54, 1.807) is 0 Å². The third-order valence-electron chi connectivity index (χ3n) is 1.41. The lowest BCUT2D eigenvalue weighted by Gasteiger charge is -2.02. The van der Waals surface area contributed by atoms with E-state index in [0.29, 0.717) is 10.9 Å². The van der Waals surface area contributed by atoms with Gasteiger partial charge in [-0.1, -0.05) is 19.1 Å². The Morgan fingerprint density at radius 2 is 2.50 bits per heavy atom. The van der Waals surface area contributed by atoms with Crippen LogP contribution in [0.5, 0.6) is 0 Å². The lowest BCUT2D eigenvalue weighted by Crippen LogP contribution is -2.21. The third-order valence-corrected chi connectivity index (χ3v) is 1.79. The first-order valence-electron chi connectivity index (χ1n) is 2.67. The van der Waals surface area contributed by atoms with Crippen molar-refractivity contribution in [3.8, 4) is 0 Å². The van der Waals surface area contributed by atoms with Gasteiger partial charge < -0.3 is 10.4 Å². The second-order valence-electron chi connectivity index (χ2n) is 2.17. The van der Waals surface area contributed by atoms with Crippen LogP contribution in [-0.4, -0.2) is 22.7 Å². The van der Waals surface area contributed by atoms with Gasteiger partial charge in [-0.25, -0.2) is 0 Å². The van der Waals surface area contributed by atoms with Crippen LogP contribution >= 0.6 is 12.2 Å². The second kappa shape index (κ2) is 1.99. The van der Waals surface area contributed by atoms with Gasteiger partial charge >= 0.3 is 0 Å². The van der Waals surface area contributed by atoms with Gasteiger partial charge in [-0.15, -0.1) is 0 Å². The van der Waals surface area contributed by atoms with Crippen LogP contribution in [0.1, 0.15) is 6.92 Å². The highest BCUT2D eigenvalue weighted by Crippen LogP contribution is 2.08. The Balaban J connectivity index is 2.56. The Morgan fingerprint density at radius 1 is 1.88 bits per heavy atom. The molecule has 2 atom stereocenters. The summed E-state index contributed by atoms with van der Waals surface area (Å²) in [5.74, 6) is 0.294. The molecule has 1 aliphatic heterocycles. The Labute approximate surface area is 53.9 Å². The van der Waals surface area contributed by atoms with Gasteiger partial charge in [0.05, 0.1) is 0 Å². The van der Waals surface area contributed by atoms with Gasteiger partial charge in [-0.2, -0.15) is 0 Å². The van der Waals surface area contributed by atoms with Gasteiger partial charge in [0.1, 0.15) is 11.1 Å². The average molecular weight is 131 g/mol. The van der Waals surface area contributed by atoms with E-state index in [4.69, 9.17) is 17.3 Å². The van der Waals surface area contributed by atoms with E-state index in [1.807, 2.05) is 6.92 Å². The first-order chi connectivity index (χ1) is 3.72. The lowest BCUT2D eigenvalue weighted by molar-refractivity contribution is 0.201. The van der Waals surface area contributed by atoms with Crippen molar-refractivity contribution in [1.29, 1.82) is 0 Å². The molecule has 0 aromatic carbocycles. The molecule has 2 N–H and O–H groups in total. The fourth-order valence-corrected chi connectivity index (χ4v) is 1.05. The molecule has 0 amide bonds. The molecule has 1 fully saturated rings. The zero-order valence-electron chi connectivity index (χ0n) is 4.72. The first-order valence-corrected chi connectivity index (χ1v) is 3.08. The Hall–Kier alpha value is -0.150. The Morgan fingerprint density at radius 3 is 2.62 bits per heavy atom. The minimum absolute atomic E-state index is 0.294. The molecule has 1 saturated heterocycles. The molecule has 0 radical (unpaired) electrons. The van der Waals surface area contributed by atoms with E-state index >= 15 is 0 Å². The summed E-state index contributed by atoms with van der Waals surface area (Å²) >= 11 is 4.76. The zero-order chi connectivity index (χ0) is 6.15. The van der Waals surface area contributed by atoms with Gasteiger partial charge in [0.2, 0.25) is 0 Å². The van der Waals surface area contributed by atoms with Gasteiger partial charge in [0.25, 0.3) is 0 Å². The SMILES string of the molecule is C[C@H]1CNC(=S)[C@H]1O. The number of hydrogen-bond donors (Lipinski definition) is 2. The number of hydrogen-bond acceptors (Lipinski definition) is 2. The maximum absolute atomic E-state index is 9.06. The average Bonchev–Trinajstić information content (AvgIpc) is 1.98. The minimum atomic E-state index is -0.398. The number of rotatable bonds is 0. The van der Waals surface area contributed by atoms with Crippen LogP contribution in [0, 0.1) is 5.92 Å². The van der Waals surface area contributed by atoms with Crippen LogP contribution in [0.25, 0.3) is 0 Å². The quantitative estimate of drug-likeness (QED) is 0.451. The third kappa shape index (κ3) is 0.833. The first kappa shape index (κ1) is 5.98. The molecule has 0 aromatic heterocycles. The predicted octanol–water partition coefficient (Wildman–Crippen LogP) is -0.0860. The van der Waals surface area contributed by atoms with Crippen molar-refractivity contribution in [3.63, 3.8) is 0 Å². The molecule has 8 heavy (non-hydrogen) atoms. The smallest absolute Gasteiger partial charge is 0.108 e. The number of nitrogens with one attached hydrogen (secondary N) is 1. The summed E-state index contributed by atoms with van der Waals surface area (Å²) in [6, 6.07) is 0. The number of aliphatic hydroxyl groups is 1. The van der Waals surface area contributed by atoms with E-state index < -0.39 is 6.10 Å². The van der Waals surface area contributed by atoms with Crippen molar-refractivity contribution in [2.75, 3.05) is 6.54 Å². The van der Waals surface area contributed by atoms with Gasteiger partial charge in [-0.3, -0.25) is 0 Å². The predicted molar refractivity (Wildman–Crippen MR) is 35.8 cm³/mol. The van der Waals surface area contributed by atoms with Crippen LogP contribution < -0.4 is 5.32 Å². The maximum atomic E-state index is 9.06. The van der Waals surface area contributed by atoms with Crippen LogP contribution in [0.4, 0.5) is 0 Å². The van der Waals surface area contributed by atoms with Crippen LogP contribution in [0.2, 0.25) is 0 Å². The molecule has 0 spiro atoms. The van der Waals surface area contributed by atoms with Crippen molar-refractivity contribution in [3.05, 3.63) is 0 Å². The van der Waals surface area contributed by atoms with Crippen molar-refractivity contribution in [2.24, 2.45) is 5.92 Å². The molecule has 0 saturated carbocycles. The van der Waals surface area contributed by atoms with E-state index in [1.165, 1.54) is 0 Å². The molecule has 46 valence electrons. The maximum Gasteiger partial charge on any atom is 0.108 e. The van der Waals surface area contributed by atoms with Crippen molar-refractivity contribution in [2.45, 2.75) is 13.0 Å². The van der Waals surface area contributed by atoms with Crippen molar-refractivity contribution in [1.82, 2.24) is 5.32 Å². The van der Waals surface area contributed by atoms with Gasteiger partial charge in [-0.05, 0) is 0 Å². The van der Waals surface area contributed by atoms with Crippen molar-refractivity contribution < 1.29 is 5.11 Å². The normalized spacial score (nSPS) is 37.5. The number of thiocarbonyl (C=S) groups is 1. The van der Waals surface area contributed by atoms with Crippen molar-refractivity contribution >= 4 is 17.2 Å². The fourth-order valence-electron chi connectivity index (χ4n) is 0.736. The number of aliphatic hydroxyl groups excluding tert-OH is 1. The molecular formula is C5H9NOS. The van der Waals surface area contributed by atoms with E-state index in [2.05, 4.69) is 5.32 Å². The highest BCUT2D eigenvalue weighted by atomic mass is 32.1. The molecule has 3 heteroatoms. The van der Waals surface area contributed by atoms with Crippen LogP contribution in [0.15, 0.2) is 0 Å². The summed E-state index contributed by atoms with van der Waals surface area (Å²) in [6.45, 7) is 2.79. The van der Waals surface area contributed by atoms with E-state index in [0.717, 1.165) is 6.54 Å². The van der Waals surface area contributed by atoms with E-state index in [9.17, 15) is 0 Å². The largest absolute Gasteiger partial charge is 0.386 e. The molecule has 0 aromatic rings. The highest BCUT2D eigenvalue weighted by molar-refractivity contribution is 7.80. The van der Waals surface area contributed by atoms with Gasteiger partial charge in [0, 0.05) is 12.5 Å². The van der Waals surface area contributed by atoms with Gasteiger partial charge in [0.15, 0.2) is 0 Å². The summed E-state index contributed by atoms with van der Waals surface area (Å²) in [4.78, 5) is 0.595. The summed E-state index contributed by atoms with van der Waals surface area (Å²) in [6.07, 6.45) is -0.398. The molecule has 1 aliphatic rings. The molecule has 0 bridgehead atoms. The molecule has 1 heterocycles. The summed E-state index contributed by atoms with van der Waals surface area (Å²) in [7, 11) is 0. The second-order valence-corrected chi connectivity index (χ2v) is 2.61. The summed E-state index contributed by atoms with van der Waals surface area (Å²) in [5.41, 5.74) is 0. The fraction of sp³-hybridized carbons (Fsp3) is 0.800. The Bertz CT molecular complexity index is 115. The highest BCUT2D eigenvalue weighted by Gasteiger charge is 2.24. The monoisotopic (exact) mass is 131 g/mol. The summed E-state index contributed by atoms with van der Waals surface area (Å²) < 4.78 is 0. The molecular weight excluding hydrogens is 122 g/mol. The summed E-state index contributed by atoms with van der Waals surface area (Å²) in [5, 5.41) is 12.0. The zero-order valence-corrected chi connectivity index (χ0v) is 5.53. The standard InChI is InChI=1S/C5H9NOS/c1-3-2-6-5(8)4(3)7/h3-4,7H,2H2,1H3,(H,6,8)/t3-,4-/m0/s1. The Kier molecular flexibility index (Phi) is 1.49. The van der Waals surface area contributed by atoms with Crippen LogP contribution in [-0.2, 0) is 0 Å². The topological polar surface area (TPSA) is 32.3 Å². The lowest BCUT2D eigenvalue weighted by atomic mass is 10.1. The minimum Gasteiger partial charge on any atom is -0.386 e. The molecule has 0 aliphatic carbocycles. The van der Waals surface area contributed by atoms with Crippen LogP contribution in [0.3, 0.4) is 0 Å². The molecule has 1 rings (SSSR count).